The Morgan fingerprint density at radius 2 is 2.30 bits per heavy atom. The van der Waals surface area contributed by atoms with Crippen molar-refractivity contribution in [2.45, 2.75) is 39.2 Å². The summed E-state index contributed by atoms with van der Waals surface area (Å²) in [6.45, 7) is 8.51. The first kappa shape index (κ1) is 14.9. The summed E-state index contributed by atoms with van der Waals surface area (Å²) in [7, 11) is 0. The van der Waals surface area contributed by atoms with Crippen molar-refractivity contribution in [3.8, 4) is 5.88 Å². The Morgan fingerprint density at radius 3 is 2.95 bits per heavy atom. The minimum Gasteiger partial charge on any atom is -0.476 e. The highest BCUT2D eigenvalue weighted by Crippen LogP contribution is 2.26. The van der Waals surface area contributed by atoms with Crippen LogP contribution < -0.4 is 15.8 Å². The number of hydrogen-bond donors (Lipinski definition) is 2. The van der Waals surface area contributed by atoms with Crippen molar-refractivity contribution in [3.63, 3.8) is 0 Å². The van der Waals surface area contributed by atoms with Crippen LogP contribution in [0, 0.1) is 5.92 Å². The van der Waals surface area contributed by atoms with Crippen molar-refractivity contribution < 1.29 is 9.47 Å². The van der Waals surface area contributed by atoms with Crippen molar-refractivity contribution in [1.29, 1.82) is 0 Å². The van der Waals surface area contributed by atoms with Crippen LogP contribution in [0.2, 0.25) is 0 Å². The number of nitrogens with one attached hydrogen (secondary N) is 1. The molecule has 20 heavy (non-hydrogen) atoms. The van der Waals surface area contributed by atoms with Crippen LogP contribution in [0.4, 0.5) is 11.5 Å². The number of aromatic nitrogens is 1. The molecular formula is C15H25N3O2. The van der Waals surface area contributed by atoms with Gasteiger partial charge in [0.05, 0.1) is 17.9 Å². The first-order valence-electron chi connectivity index (χ1n) is 7.26. The average Bonchev–Trinajstić information content (AvgIpc) is 2.83. The van der Waals surface area contributed by atoms with Gasteiger partial charge in [0, 0.05) is 13.2 Å². The van der Waals surface area contributed by atoms with Crippen LogP contribution in [0.15, 0.2) is 12.1 Å². The van der Waals surface area contributed by atoms with Crippen molar-refractivity contribution >= 4 is 11.5 Å². The molecule has 1 unspecified atom stereocenters. The second-order valence-electron chi connectivity index (χ2n) is 6.05. The largest absolute Gasteiger partial charge is 0.476 e. The van der Waals surface area contributed by atoms with Gasteiger partial charge in [0.1, 0.15) is 5.82 Å². The molecule has 3 N–H and O–H groups in total. The van der Waals surface area contributed by atoms with E-state index in [0.717, 1.165) is 31.8 Å². The summed E-state index contributed by atoms with van der Waals surface area (Å²) in [5.74, 6) is 1.72. The van der Waals surface area contributed by atoms with Crippen LogP contribution in [0.5, 0.6) is 5.88 Å². The maximum Gasteiger partial charge on any atom is 0.239 e. The zero-order valence-electron chi connectivity index (χ0n) is 12.6. The summed E-state index contributed by atoms with van der Waals surface area (Å²) in [4.78, 5) is 4.42. The molecule has 0 aliphatic carbocycles. The molecule has 1 fully saturated rings. The van der Waals surface area contributed by atoms with Crippen LogP contribution in [-0.4, -0.2) is 30.3 Å². The Labute approximate surface area is 120 Å². The Kier molecular flexibility index (Phi) is 4.70. The van der Waals surface area contributed by atoms with E-state index in [2.05, 4.69) is 31.1 Å². The molecule has 5 heteroatoms. The van der Waals surface area contributed by atoms with Crippen LogP contribution >= 0.6 is 0 Å². The zero-order valence-corrected chi connectivity index (χ0v) is 12.6. The first-order chi connectivity index (χ1) is 9.48. The number of nitrogens with two attached hydrogens (primary N) is 1. The highest BCUT2D eigenvalue weighted by Gasteiger charge is 2.29. The number of nitrogen functional groups attached to an aromatic ring is 1. The molecule has 0 bridgehead atoms. The van der Waals surface area contributed by atoms with Crippen molar-refractivity contribution in [1.82, 2.24) is 4.98 Å². The molecule has 1 atom stereocenters. The summed E-state index contributed by atoms with van der Waals surface area (Å²) in [5.41, 5.74) is 6.35. The molecule has 1 saturated heterocycles. The van der Waals surface area contributed by atoms with Crippen LogP contribution in [0.3, 0.4) is 0 Å². The molecule has 112 valence electrons. The summed E-state index contributed by atoms with van der Waals surface area (Å²) in [5, 5.41) is 3.31. The molecule has 0 saturated carbocycles. The second-order valence-corrected chi connectivity index (χ2v) is 6.05. The molecule has 1 aliphatic rings. The second kappa shape index (κ2) is 6.31. The van der Waals surface area contributed by atoms with Gasteiger partial charge in [-0.15, -0.1) is 0 Å². The molecule has 0 aromatic carbocycles. The monoisotopic (exact) mass is 279 g/mol. The van der Waals surface area contributed by atoms with E-state index < -0.39 is 0 Å². The number of hydrogen-bond acceptors (Lipinski definition) is 5. The molecule has 2 rings (SSSR count). The topological polar surface area (TPSA) is 69.4 Å². The highest BCUT2D eigenvalue weighted by atomic mass is 16.5. The molecular weight excluding hydrogens is 254 g/mol. The van der Waals surface area contributed by atoms with E-state index >= 15 is 0 Å². The zero-order chi connectivity index (χ0) is 14.6. The molecule has 1 aromatic heterocycles. The van der Waals surface area contributed by atoms with Gasteiger partial charge < -0.3 is 20.5 Å². The fourth-order valence-electron chi connectivity index (χ4n) is 2.16. The predicted octanol–water partition coefficient (Wildman–Crippen LogP) is 2.68. The van der Waals surface area contributed by atoms with E-state index in [4.69, 9.17) is 15.2 Å². The van der Waals surface area contributed by atoms with Gasteiger partial charge in [0.25, 0.3) is 0 Å². The first-order valence-corrected chi connectivity index (χ1v) is 7.26. The van der Waals surface area contributed by atoms with Gasteiger partial charge in [0.2, 0.25) is 5.88 Å². The van der Waals surface area contributed by atoms with E-state index in [1.807, 2.05) is 12.1 Å². The minimum atomic E-state index is -0.0952. The fourth-order valence-corrected chi connectivity index (χ4v) is 2.16. The van der Waals surface area contributed by atoms with Gasteiger partial charge in [0.15, 0.2) is 0 Å². The van der Waals surface area contributed by atoms with E-state index in [9.17, 15) is 0 Å². The Morgan fingerprint density at radius 1 is 1.50 bits per heavy atom. The third kappa shape index (κ3) is 4.00. The normalized spacial score (nSPS) is 22.2. The summed E-state index contributed by atoms with van der Waals surface area (Å²) >= 11 is 0. The lowest BCUT2D eigenvalue weighted by atomic mass is 10.0. The SMILES string of the molecule is CC(C)COc1nc(NCC2(C)CCCO2)ccc1N. The summed E-state index contributed by atoms with van der Waals surface area (Å²) < 4.78 is 11.4. The smallest absolute Gasteiger partial charge is 0.239 e. The van der Waals surface area contributed by atoms with Crippen LogP contribution in [-0.2, 0) is 4.74 Å². The molecule has 1 aliphatic heterocycles. The van der Waals surface area contributed by atoms with Gasteiger partial charge in [-0.1, -0.05) is 13.8 Å². The van der Waals surface area contributed by atoms with E-state index in [1.54, 1.807) is 0 Å². The van der Waals surface area contributed by atoms with E-state index in [-0.39, 0.29) is 5.60 Å². The van der Waals surface area contributed by atoms with E-state index in [0.29, 0.717) is 24.1 Å². The predicted molar refractivity (Wildman–Crippen MR) is 81.1 cm³/mol. The van der Waals surface area contributed by atoms with E-state index in [1.165, 1.54) is 0 Å². The van der Waals surface area contributed by atoms with Gasteiger partial charge in [-0.2, -0.15) is 4.98 Å². The lowest BCUT2D eigenvalue weighted by Gasteiger charge is -2.23. The molecule has 1 aromatic rings. The maximum absolute atomic E-state index is 5.88. The molecule has 0 radical (unpaired) electrons. The van der Waals surface area contributed by atoms with Crippen molar-refractivity contribution in [2.24, 2.45) is 5.92 Å². The fraction of sp³-hybridized carbons (Fsp3) is 0.667. The van der Waals surface area contributed by atoms with Gasteiger partial charge >= 0.3 is 0 Å². The summed E-state index contributed by atoms with van der Waals surface area (Å²) in [6.07, 6.45) is 2.20. The van der Waals surface area contributed by atoms with Crippen molar-refractivity contribution in [3.05, 3.63) is 12.1 Å². The molecule has 0 amide bonds. The standard InChI is InChI=1S/C15H25N3O2/c1-11(2)9-19-14-12(16)5-6-13(18-14)17-10-15(3)7-4-8-20-15/h5-6,11H,4,7-10,16H2,1-3H3,(H,17,18). The average molecular weight is 279 g/mol. The number of anilines is 2. The van der Waals surface area contributed by atoms with Crippen molar-refractivity contribution in [2.75, 3.05) is 30.8 Å². The molecule has 5 nitrogen and oxygen atoms in total. The third-order valence-corrected chi connectivity index (χ3v) is 3.39. The van der Waals surface area contributed by atoms with Crippen LogP contribution in [0.25, 0.3) is 0 Å². The number of pyridine rings is 1. The lowest BCUT2D eigenvalue weighted by Crippen LogP contribution is -2.32. The quantitative estimate of drug-likeness (QED) is 0.838. The molecule has 0 spiro atoms. The Hall–Kier alpha value is -1.49. The maximum atomic E-state index is 5.88. The van der Waals surface area contributed by atoms with Gasteiger partial charge in [-0.05, 0) is 37.8 Å². The van der Waals surface area contributed by atoms with Gasteiger partial charge in [-0.3, -0.25) is 0 Å². The van der Waals surface area contributed by atoms with Gasteiger partial charge in [-0.25, -0.2) is 0 Å². The minimum absolute atomic E-state index is 0.0952. The van der Waals surface area contributed by atoms with Crippen LogP contribution in [0.1, 0.15) is 33.6 Å². The summed E-state index contributed by atoms with van der Waals surface area (Å²) in [6, 6.07) is 3.69. The highest BCUT2D eigenvalue weighted by molar-refractivity contribution is 5.53. The number of nitrogens with zero attached hydrogens (tertiary/aromatic N) is 1. The molecule has 2 heterocycles. The lowest BCUT2D eigenvalue weighted by molar-refractivity contribution is 0.0314. The third-order valence-electron chi connectivity index (χ3n) is 3.39. The Balaban J connectivity index is 1.96. The Bertz CT molecular complexity index is 443. The number of ether oxygens (including phenoxy) is 2. The number of rotatable bonds is 6.